The molecular weight excluding hydrogens is 424 g/mol. The third-order valence-electron chi connectivity index (χ3n) is 4.44. The summed E-state index contributed by atoms with van der Waals surface area (Å²) in [4.78, 5) is 41.7. The quantitative estimate of drug-likeness (QED) is 0.461. The molecule has 0 spiro atoms. The van der Waals surface area contributed by atoms with Crippen molar-refractivity contribution in [3.8, 4) is 5.69 Å². The normalized spacial score (nSPS) is 12.2. The first kappa shape index (κ1) is 21.9. The average Bonchev–Trinajstić information content (AvgIpc) is 2.66. The van der Waals surface area contributed by atoms with Crippen molar-refractivity contribution in [2.75, 3.05) is 0 Å². The summed E-state index contributed by atoms with van der Waals surface area (Å²) < 4.78 is 1.47. The Balaban J connectivity index is 2.21. The van der Waals surface area contributed by atoms with Gasteiger partial charge in [-0.25, -0.2) is 9.78 Å². The van der Waals surface area contributed by atoms with Crippen molar-refractivity contribution >= 4 is 46.2 Å². The van der Waals surface area contributed by atoms with Gasteiger partial charge in [0, 0.05) is 5.02 Å². The number of benzene rings is 2. The van der Waals surface area contributed by atoms with Crippen LogP contribution in [0.5, 0.6) is 0 Å². The number of halogens is 1. The largest absolute Gasteiger partial charge is 0.351 e. The summed E-state index contributed by atoms with van der Waals surface area (Å²) in [7, 11) is 0. The Labute approximate surface area is 182 Å². The van der Waals surface area contributed by atoms with E-state index >= 15 is 0 Å². The van der Waals surface area contributed by atoms with Crippen LogP contribution in [-0.4, -0.2) is 26.7 Å². The van der Waals surface area contributed by atoms with Gasteiger partial charge >= 0.3 is 6.03 Å². The number of thioether (sulfide) groups is 1. The predicted molar refractivity (Wildman–Crippen MR) is 119 cm³/mol. The van der Waals surface area contributed by atoms with Gasteiger partial charge in [-0.2, -0.15) is 0 Å². The fourth-order valence-corrected chi connectivity index (χ4v) is 4.21. The summed E-state index contributed by atoms with van der Waals surface area (Å²) in [6, 6.07) is 11.4. The van der Waals surface area contributed by atoms with E-state index in [2.05, 4.69) is 10.3 Å². The summed E-state index contributed by atoms with van der Waals surface area (Å²) in [6.45, 7) is 5.63. The zero-order chi connectivity index (χ0) is 22.0. The highest BCUT2D eigenvalue weighted by Gasteiger charge is 2.27. The highest BCUT2D eigenvalue weighted by molar-refractivity contribution is 8.00. The number of hydrogen-bond acceptors (Lipinski definition) is 5. The minimum absolute atomic E-state index is 0.159. The maximum absolute atomic E-state index is 13.3. The highest BCUT2D eigenvalue weighted by Crippen LogP contribution is 2.30. The molecule has 3 rings (SSSR count). The van der Waals surface area contributed by atoms with Gasteiger partial charge in [0.15, 0.2) is 5.16 Å². The van der Waals surface area contributed by atoms with E-state index in [-0.39, 0.29) is 11.5 Å². The second-order valence-corrected chi connectivity index (χ2v) is 8.71. The van der Waals surface area contributed by atoms with Crippen molar-refractivity contribution in [3.05, 3.63) is 63.4 Å². The predicted octanol–water partition coefficient (Wildman–Crippen LogP) is 3.66. The number of nitrogens with zero attached hydrogens (tertiary/aromatic N) is 2. The molecule has 0 aliphatic rings. The Morgan fingerprint density at radius 1 is 1.17 bits per heavy atom. The molecule has 1 atom stereocenters. The maximum Gasteiger partial charge on any atom is 0.318 e. The molecule has 9 heteroatoms. The van der Waals surface area contributed by atoms with Gasteiger partial charge in [0.2, 0.25) is 5.91 Å². The van der Waals surface area contributed by atoms with Crippen molar-refractivity contribution in [1.82, 2.24) is 14.9 Å². The van der Waals surface area contributed by atoms with Crippen LogP contribution in [0.3, 0.4) is 0 Å². The van der Waals surface area contributed by atoms with E-state index in [9.17, 15) is 14.4 Å². The molecule has 3 amide bonds. The van der Waals surface area contributed by atoms with Crippen LogP contribution in [0.4, 0.5) is 4.79 Å². The fourth-order valence-electron chi connectivity index (χ4n) is 2.94. The van der Waals surface area contributed by atoms with Crippen LogP contribution < -0.4 is 16.6 Å². The second kappa shape index (κ2) is 8.89. The number of nitrogens with one attached hydrogen (secondary N) is 1. The summed E-state index contributed by atoms with van der Waals surface area (Å²) in [6.07, 6.45) is 0. The van der Waals surface area contributed by atoms with E-state index in [1.165, 1.54) is 4.57 Å². The van der Waals surface area contributed by atoms with E-state index in [1.807, 2.05) is 45.0 Å². The van der Waals surface area contributed by atoms with Crippen molar-refractivity contribution < 1.29 is 9.59 Å². The number of carbonyl (C=O) groups is 2. The lowest BCUT2D eigenvalue weighted by Crippen LogP contribution is -2.42. The number of aryl methyl sites for hydroxylation is 1. The lowest BCUT2D eigenvalue weighted by molar-refractivity contribution is -0.120. The summed E-state index contributed by atoms with van der Waals surface area (Å²) in [5, 5.41) is 2.59. The molecule has 0 aliphatic carbocycles. The van der Waals surface area contributed by atoms with Gasteiger partial charge in [-0.05, 0) is 43.2 Å². The fraction of sp³-hybridized carbons (Fsp3) is 0.238. The molecule has 0 aliphatic heterocycles. The minimum Gasteiger partial charge on any atom is -0.351 e. The summed E-state index contributed by atoms with van der Waals surface area (Å²) in [5.41, 5.74) is 6.92. The number of imide groups is 1. The van der Waals surface area contributed by atoms with Gasteiger partial charge in [-0.1, -0.05) is 54.9 Å². The first-order valence-corrected chi connectivity index (χ1v) is 10.5. The monoisotopic (exact) mass is 444 g/mol. The lowest BCUT2D eigenvalue weighted by Gasteiger charge is -2.21. The first-order chi connectivity index (χ1) is 14.2. The Kier molecular flexibility index (Phi) is 6.48. The van der Waals surface area contributed by atoms with E-state index < -0.39 is 17.2 Å². The zero-order valence-electron chi connectivity index (χ0n) is 16.7. The van der Waals surface area contributed by atoms with Crippen LogP contribution in [0.15, 0.2) is 52.4 Å². The van der Waals surface area contributed by atoms with E-state index in [1.54, 1.807) is 18.2 Å². The van der Waals surface area contributed by atoms with E-state index in [0.717, 1.165) is 17.3 Å². The molecule has 30 heavy (non-hydrogen) atoms. The number of hydrogen-bond donors (Lipinski definition) is 2. The third-order valence-corrected chi connectivity index (χ3v) is 6.17. The standard InChI is InChI=1S/C21H21ClN4O3S/c1-11(2)17(18(27)25-20(23)29)30-21-24-16-10-13(22)6-9-15(16)19(28)26(21)14-7-4-12(3)5-8-14/h4-11,17H,1-3H3,(H3,23,25,27,29)/t17-/m1/s1. The van der Waals surface area contributed by atoms with E-state index in [0.29, 0.717) is 26.8 Å². The van der Waals surface area contributed by atoms with Crippen LogP contribution in [0.25, 0.3) is 16.6 Å². The number of primary amides is 1. The third kappa shape index (κ3) is 4.66. The van der Waals surface area contributed by atoms with E-state index in [4.69, 9.17) is 17.3 Å². The van der Waals surface area contributed by atoms with Crippen LogP contribution in [0.2, 0.25) is 5.02 Å². The van der Waals surface area contributed by atoms with Gasteiger partial charge in [-0.15, -0.1) is 0 Å². The van der Waals surface area contributed by atoms with Gasteiger partial charge < -0.3 is 5.73 Å². The van der Waals surface area contributed by atoms with Gasteiger partial charge in [0.1, 0.15) is 0 Å². The van der Waals surface area contributed by atoms with Crippen molar-refractivity contribution in [2.45, 2.75) is 31.2 Å². The molecule has 0 saturated carbocycles. The maximum atomic E-state index is 13.3. The van der Waals surface area contributed by atoms with Gasteiger partial charge in [0.25, 0.3) is 5.56 Å². The van der Waals surface area contributed by atoms with Crippen LogP contribution in [0, 0.1) is 12.8 Å². The number of fused-ring (bicyclic) bond motifs is 1. The highest BCUT2D eigenvalue weighted by atomic mass is 35.5. The van der Waals surface area contributed by atoms with Crippen LogP contribution in [0.1, 0.15) is 19.4 Å². The van der Waals surface area contributed by atoms with Crippen molar-refractivity contribution in [2.24, 2.45) is 11.7 Å². The minimum atomic E-state index is -0.930. The molecule has 7 nitrogen and oxygen atoms in total. The first-order valence-electron chi connectivity index (χ1n) is 9.23. The number of amides is 3. The number of aromatic nitrogens is 2. The number of carbonyl (C=O) groups excluding carboxylic acids is 2. The Morgan fingerprint density at radius 2 is 1.83 bits per heavy atom. The molecule has 2 aromatic carbocycles. The number of rotatable bonds is 5. The second-order valence-electron chi connectivity index (χ2n) is 7.17. The Bertz CT molecular complexity index is 1180. The molecule has 1 heterocycles. The molecule has 0 saturated heterocycles. The lowest BCUT2D eigenvalue weighted by atomic mass is 10.1. The molecule has 0 fully saturated rings. The summed E-state index contributed by atoms with van der Waals surface area (Å²) >= 11 is 7.19. The van der Waals surface area contributed by atoms with Gasteiger partial charge in [0.05, 0.1) is 21.8 Å². The molecule has 0 bridgehead atoms. The zero-order valence-corrected chi connectivity index (χ0v) is 18.3. The molecular formula is C21H21ClN4O3S. The molecule has 1 aromatic heterocycles. The SMILES string of the molecule is Cc1ccc(-n2c(S[C@@H](C(=O)NC(N)=O)C(C)C)nc3cc(Cl)ccc3c2=O)cc1. The summed E-state index contributed by atoms with van der Waals surface area (Å²) in [5.74, 6) is -0.703. The average molecular weight is 445 g/mol. The number of nitrogens with two attached hydrogens (primary N) is 1. The van der Waals surface area contributed by atoms with Crippen LogP contribution in [-0.2, 0) is 4.79 Å². The van der Waals surface area contributed by atoms with Crippen molar-refractivity contribution in [3.63, 3.8) is 0 Å². The van der Waals surface area contributed by atoms with Crippen LogP contribution >= 0.6 is 23.4 Å². The topological polar surface area (TPSA) is 107 Å². The smallest absolute Gasteiger partial charge is 0.318 e. The Hall–Kier alpha value is -2.84. The van der Waals surface area contributed by atoms with Gasteiger partial charge in [-0.3, -0.25) is 19.5 Å². The Morgan fingerprint density at radius 3 is 2.43 bits per heavy atom. The number of urea groups is 1. The molecule has 3 aromatic rings. The molecule has 0 unspecified atom stereocenters. The molecule has 0 radical (unpaired) electrons. The van der Waals surface area contributed by atoms with Crippen molar-refractivity contribution in [1.29, 1.82) is 0 Å². The molecule has 156 valence electrons. The molecule has 3 N–H and O–H groups in total.